The molecular formula is C42H62F6N8O2. The lowest BCUT2D eigenvalue weighted by atomic mass is 10.00. The average molecular weight is 825 g/mol. The number of ether oxygens (including phenoxy) is 1. The third kappa shape index (κ3) is 15.4. The molecule has 0 bridgehead atoms. The predicted octanol–water partition coefficient (Wildman–Crippen LogP) is 9.20. The van der Waals surface area contributed by atoms with Gasteiger partial charge in [-0.1, -0.05) is 70.9 Å². The minimum Gasteiger partial charge on any atom is -0.444 e. The number of hydrazine groups is 1. The van der Waals surface area contributed by atoms with E-state index in [1.54, 1.807) is 20.8 Å². The number of alkyl carbamates (subject to hydrolysis) is 1. The van der Waals surface area contributed by atoms with E-state index in [9.17, 15) is 31.1 Å². The molecule has 0 spiro atoms. The zero-order valence-corrected chi connectivity index (χ0v) is 35.2. The molecule has 0 radical (unpaired) electrons. The number of aliphatic imine (C=N–C) groups is 1. The normalized spacial score (nSPS) is 20.8. The highest BCUT2D eigenvalue weighted by Crippen LogP contribution is 2.36. The number of alkyl halides is 6. The summed E-state index contributed by atoms with van der Waals surface area (Å²) < 4.78 is 90.0. The summed E-state index contributed by atoms with van der Waals surface area (Å²) in [4.78, 5) is 21.2. The molecule has 0 saturated carbocycles. The van der Waals surface area contributed by atoms with Gasteiger partial charge in [-0.3, -0.25) is 0 Å². The Labute approximate surface area is 339 Å². The van der Waals surface area contributed by atoms with Gasteiger partial charge in [0.2, 0.25) is 5.96 Å². The summed E-state index contributed by atoms with van der Waals surface area (Å²) in [6.45, 7) is 16.3. The van der Waals surface area contributed by atoms with Crippen molar-refractivity contribution < 1.29 is 35.9 Å². The minimum atomic E-state index is -4.91. The smallest absolute Gasteiger partial charge is 0.416 e. The van der Waals surface area contributed by atoms with Crippen LogP contribution in [0.25, 0.3) is 0 Å². The van der Waals surface area contributed by atoms with Gasteiger partial charge < -0.3 is 25.6 Å². The number of hydrogen-bond donors (Lipinski definition) is 3. The fourth-order valence-corrected chi connectivity index (χ4v) is 6.32. The molecule has 0 aromatic heterocycles. The molecule has 58 heavy (non-hydrogen) atoms. The molecule has 0 aromatic rings. The highest BCUT2D eigenvalue weighted by atomic mass is 19.4. The number of guanidine groups is 1. The van der Waals surface area contributed by atoms with Crippen LogP contribution in [0.3, 0.4) is 0 Å². The molecule has 2 unspecified atom stereocenters. The van der Waals surface area contributed by atoms with Crippen LogP contribution in [0.5, 0.6) is 0 Å². The third-order valence-electron chi connectivity index (χ3n) is 9.83. The van der Waals surface area contributed by atoms with E-state index >= 15 is 0 Å². The molecule has 0 fully saturated rings. The van der Waals surface area contributed by atoms with Crippen molar-refractivity contribution in [1.29, 1.82) is 0 Å². The zero-order chi connectivity index (χ0) is 43.4. The van der Waals surface area contributed by atoms with Crippen LogP contribution < -0.4 is 16.9 Å². The first-order valence-electron chi connectivity index (χ1n) is 19.9. The molecule has 3 aliphatic rings. The van der Waals surface area contributed by atoms with E-state index in [1.165, 1.54) is 4.90 Å². The molecule has 5 N–H and O–H groups in total. The van der Waals surface area contributed by atoms with E-state index in [0.29, 0.717) is 43.1 Å². The van der Waals surface area contributed by atoms with Crippen LogP contribution in [0.15, 0.2) is 91.8 Å². The number of allylic oxidation sites excluding steroid dienone is 10. The van der Waals surface area contributed by atoms with E-state index in [2.05, 4.69) is 61.2 Å². The molecule has 1 aliphatic heterocycles. The molecule has 324 valence electrons. The molecule has 3 rings (SSSR count). The van der Waals surface area contributed by atoms with Crippen LogP contribution in [0.1, 0.15) is 93.9 Å². The number of carbonyl (C=O) groups excluding carboxylic acids is 1. The van der Waals surface area contributed by atoms with E-state index in [0.717, 1.165) is 53.7 Å². The first-order chi connectivity index (χ1) is 27.0. The average Bonchev–Trinajstić information content (AvgIpc) is 3.44. The van der Waals surface area contributed by atoms with Gasteiger partial charge in [0.25, 0.3) is 0 Å². The highest BCUT2D eigenvalue weighted by molar-refractivity contribution is 6.01. The first-order valence-corrected chi connectivity index (χ1v) is 19.9. The lowest BCUT2D eigenvalue weighted by molar-refractivity contribution is -0.0945. The monoisotopic (exact) mass is 824 g/mol. The number of rotatable bonds is 14. The molecule has 2 aliphatic carbocycles. The van der Waals surface area contributed by atoms with Crippen molar-refractivity contribution in [1.82, 2.24) is 20.2 Å². The second-order valence-corrected chi connectivity index (χ2v) is 16.2. The maximum atomic E-state index is 14.1. The Morgan fingerprint density at radius 3 is 2.19 bits per heavy atom. The van der Waals surface area contributed by atoms with Crippen LogP contribution in [0.2, 0.25) is 0 Å². The summed E-state index contributed by atoms with van der Waals surface area (Å²) in [5.41, 5.74) is 6.75. The zero-order valence-electron chi connectivity index (χ0n) is 35.2. The van der Waals surface area contributed by atoms with Crippen molar-refractivity contribution in [3.63, 3.8) is 0 Å². The van der Waals surface area contributed by atoms with Gasteiger partial charge >= 0.3 is 18.4 Å². The van der Waals surface area contributed by atoms with Gasteiger partial charge in [0.1, 0.15) is 11.4 Å². The van der Waals surface area contributed by atoms with Gasteiger partial charge in [-0.15, -0.1) is 5.10 Å². The van der Waals surface area contributed by atoms with Crippen LogP contribution >= 0.6 is 0 Å². The Morgan fingerprint density at radius 1 is 0.948 bits per heavy atom. The lowest BCUT2D eigenvalue weighted by Crippen LogP contribution is -2.46. The maximum absolute atomic E-state index is 14.1. The largest absolute Gasteiger partial charge is 0.444 e. The third-order valence-corrected chi connectivity index (χ3v) is 9.83. The summed E-state index contributed by atoms with van der Waals surface area (Å²) in [6, 6.07) is 0. The number of halogens is 6. The van der Waals surface area contributed by atoms with Crippen molar-refractivity contribution in [3.8, 4) is 0 Å². The van der Waals surface area contributed by atoms with E-state index in [-0.39, 0.29) is 43.0 Å². The Kier molecular flexibility index (Phi) is 17.3. The molecule has 0 aromatic carbocycles. The molecule has 1 heterocycles. The number of carbonyl (C=O) groups is 1. The van der Waals surface area contributed by atoms with Gasteiger partial charge in [0.15, 0.2) is 0 Å². The number of fused-ring (bicyclic) bond motifs is 1. The van der Waals surface area contributed by atoms with Crippen molar-refractivity contribution in [2.75, 3.05) is 39.3 Å². The molecule has 2 atom stereocenters. The van der Waals surface area contributed by atoms with Crippen molar-refractivity contribution in [2.45, 2.75) is 112 Å². The fourth-order valence-electron chi connectivity index (χ4n) is 6.32. The summed E-state index contributed by atoms with van der Waals surface area (Å²) in [7, 11) is 0. The SMILES string of the molecule is CCC(C)CN(CC(C)CC)C1=NC2=C(C)/C=C\CC/C=C\2CC=C1CN(CC1=CC(C(F)(F)F)=CCC(C(F)(F)F)=C1)/C(N)=N/N(N)CCNC(=O)OC(C)(C)C. The number of amidine groups is 1. The summed E-state index contributed by atoms with van der Waals surface area (Å²) in [6.07, 6.45) is 2.84. The molecule has 10 nitrogen and oxygen atoms in total. The summed E-state index contributed by atoms with van der Waals surface area (Å²) >= 11 is 0. The van der Waals surface area contributed by atoms with E-state index in [4.69, 9.17) is 21.3 Å². The Bertz CT molecular complexity index is 1710. The molecule has 1 amide bonds. The van der Waals surface area contributed by atoms with Crippen LogP contribution in [-0.2, 0) is 4.74 Å². The van der Waals surface area contributed by atoms with Crippen molar-refractivity contribution >= 4 is 17.9 Å². The topological polar surface area (TPSA) is 125 Å². The van der Waals surface area contributed by atoms with E-state index in [1.807, 2.05) is 13.0 Å². The van der Waals surface area contributed by atoms with Crippen LogP contribution in [0.4, 0.5) is 31.1 Å². The predicted molar refractivity (Wildman–Crippen MR) is 219 cm³/mol. The minimum absolute atomic E-state index is 0.00900. The number of hydrogen-bond acceptors (Lipinski definition) is 7. The van der Waals surface area contributed by atoms with E-state index < -0.39 is 48.2 Å². The standard InChI is InChI=1S/C42H62F6N8O2/c1-9-28(3)24-54(25-29(4)10-2)37-33(17-16-32-15-13-11-12-14-30(5)36(32)52-37)27-55(38(49)53-56(50)21-20-51-39(57)58-40(6,7)8)26-31-22-34(41(43,44)45)18-19-35(23-31)42(46,47)48/h12,14-15,17-18,22-23,28-29H,9-11,13,16,19-21,24-27,50H2,1-8H3,(H2,49,53)(H,51,57)/b14-12-,32-15-,36-30+. The second kappa shape index (κ2) is 21.0. The lowest BCUT2D eigenvalue weighted by Gasteiger charge is -2.34. The van der Waals surface area contributed by atoms with Crippen LogP contribution in [0, 0.1) is 11.8 Å². The van der Waals surface area contributed by atoms with Gasteiger partial charge in [0, 0.05) is 43.9 Å². The number of amides is 1. The Balaban J connectivity index is 2.20. The van der Waals surface area contributed by atoms with Crippen LogP contribution in [-0.4, -0.2) is 90.0 Å². The van der Waals surface area contributed by atoms with Crippen molar-refractivity contribution in [3.05, 3.63) is 81.7 Å². The maximum Gasteiger partial charge on any atom is 0.416 e. The molecule has 0 saturated heterocycles. The first kappa shape index (κ1) is 47.9. The summed E-state index contributed by atoms with van der Waals surface area (Å²) in [5, 5.41) is 7.80. The summed E-state index contributed by atoms with van der Waals surface area (Å²) in [5.74, 6) is 7.11. The number of nitrogens with two attached hydrogens (primary N) is 2. The number of nitrogens with one attached hydrogen (secondary N) is 1. The number of hydrazone groups is 1. The van der Waals surface area contributed by atoms with Crippen molar-refractivity contribution in [2.24, 2.45) is 33.5 Å². The van der Waals surface area contributed by atoms with Gasteiger partial charge in [-0.25, -0.2) is 20.7 Å². The Morgan fingerprint density at radius 2 is 1.60 bits per heavy atom. The second-order valence-electron chi connectivity index (χ2n) is 16.2. The molecule has 16 heteroatoms. The fraction of sp³-hybridized carbons (Fsp3) is 0.595. The molecular weight excluding hydrogens is 763 g/mol. The quantitative estimate of drug-likeness (QED) is 0.0525. The number of nitrogens with zero attached hydrogens (tertiary/aromatic N) is 5. The van der Waals surface area contributed by atoms with Gasteiger partial charge in [-0.2, -0.15) is 26.3 Å². The van der Waals surface area contributed by atoms with Gasteiger partial charge in [0.05, 0.1) is 17.8 Å². The highest BCUT2D eigenvalue weighted by Gasteiger charge is 2.38. The Hall–Kier alpha value is -4.47. The van der Waals surface area contributed by atoms with Gasteiger partial charge in [-0.05, 0) is 94.1 Å².